The van der Waals surface area contributed by atoms with Gasteiger partial charge in [0.15, 0.2) is 11.5 Å². The topological polar surface area (TPSA) is 125 Å². The number of pyridine rings is 1. The van der Waals surface area contributed by atoms with Gasteiger partial charge in [-0.2, -0.15) is 10.5 Å². The molecule has 0 radical (unpaired) electrons. The third kappa shape index (κ3) is 3.01. The van der Waals surface area contributed by atoms with Gasteiger partial charge in [-0.3, -0.25) is 4.79 Å². The van der Waals surface area contributed by atoms with E-state index in [1.807, 2.05) is 26.0 Å². The lowest BCUT2D eigenvalue weighted by molar-refractivity contribution is 0.230. The van der Waals surface area contributed by atoms with Gasteiger partial charge in [0.1, 0.15) is 29.1 Å². The molecular weight excluding hydrogens is 308 g/mol. The lowest BCUT2D eigenvalue weighted by Crippen LogP contribution is -2.16. The Balaban J connectivity index is 2.80. The molecule has 2 aromatic rings. The first-order valence-electron chi connectivity index (χ1n) is 7.13. The summed E-state index contributed by atoms with van der Waals surface area (Å²) >= 11 is 0. The molecule has 0 bridgehead atoms. The number of ether oxygens (including phenoxy) is 2. The Labute approximate surface area is 138 Å². The van der Waals surface area contributed by atoms with Gasteiger partial charge in [0, 0.05) is 5.56 Å². The van der Waals surface area contributed by atoms with Gasteiger partial charge in [-0.15, -0.1) is 0 Å². The van der Waals surface area contributed by atoms with Gasteiger partial charge in [-0.1, -0.05) is 6.07 Å². The molecule has 0 aliphatic rings. The van der Waals surface area contributed by atoms with Gasteiger partial charge in [0.2, 0.25) is 0 Å². The van der Waals surface area contributed by atoms with Gasteiger partial charge < -0.3 is 20.2 Å². The molecule has 0 aliphatic heterocycles. The van der Waals surface area contributed by atoms with E-state index < -0.39 is 5.56 Å². The molecule has 0 unspecified atom stereocenters. The van der Waals surface area contributed by atoms with Crippen molar-refractivity contribution in [3.05, 3.63) is 39.7 Å². The summed E-state index contributed by atoms with van der Waals surface area (Å²) in [6, 6.07) is 8.67. The Kier molecular flexibility index (Phi) is 4.76. The number of nitrogens with zero attached hydrogens (tertiary/aromatic N) is 2. The Morgan fingerprint density at radius 1 is 1.17 bits per heavy atom. The van der Waals surface area contributed by atoms with Gasteiger partial charge in [0.25, 0.3) is 5.56 Å². The van der Waals surface area contributed by atoms with Crippen molar-refractivity contribution < 1.29 is 9.47 Å². The second kappa shape index (κ2) is 6.76. The number of aromatic nitrogens is 1. The van der Waals surface area contributed by atoms with Crippen LogP contribution in [0.1, 0.15) is 25.0 Å². The van der Waals surface area contributed by atoms with Crippen LogP contribution in [0.2, 0.25) is 0 Å². The molecule has 0 atom stereocenters. The lowest BCUT2D eigenvalue weighted by Gasteiger charge is -2.16. The molecule has 0 aliphatic carbocycles. The van der Waals surface area contributed by atoms with E-state index in [1.165, 1.54) is 7.11 Å². The van der Waals surface area contributed by atoms with Gasteiger partial charge in [-0.05, 0) is 31.5 Å². The molecule has 1 aromatic carbocycles. The molecule has 1 heterocycles. The molecule has 1 aromatic heterocycles. The van der Waals surface area contributed by atoms with Crippen molar-refractivity contribution in [1.29, 1.82) is 10.5 Å². The first kappa shape index (κ1) is 16.9. The molecule has 2 rings (SSSR count). The van der Waals surface area contributed by atoms with E-state index in [1.54, 1.807) is 18.2 Å². The number of anilines is 1. The number of methoxy groups -OCH3 is 1. The van der Waals surface area contributed by atoms with Crippen LogP contribution in [0, 0.1) is 22.7 Å². The van der Waals surface area contributed by atoms with Gasteiger partial charge in [0.05, 0.1) is 13.2 Å². The second-order valence-electron chi connectivity index (χ2n) is 5.25. The van der Waals surface area contributed by atoms with Crippen LogP contribution >= 0.6 is 0 Å². The highest BCUT2D eigenvalue weighted by molar-refractivity contribution is 5.81. The van der Waals surface area contributed by atoms with Crippen LogP contribution in [0.25, 0.3) is 11.1 Å². The van der Waals surface area contributed by atoms with Crippen molar-refractivity contribution >= 4 is 5.82 Å². The summed E-state index contributed by atoms with van der Waals surface area (Å²) in [6.07, 6.45) is -0.107. The molecule has 0 amide bonds. The number of aromatic amines is 1. The van der Waals surface area contributed by atoms with Crippen molar-refractivity contribution in [2.24, 2.45) is 0 Å². The van der Waals surface area contributed by atoms with E-state index in [2.05, 4.69) is 4.98 Å². The number of nitrogens with one attached hydrogen (secondary N) is 1. The Bertz CT molecular complexity index is 917. The third-order valence-corrected chi connectivity index (χ3v) is 3.28. The van der Waals surface area contributed by atoms with E-state index in [9.17, 15) is 15.3 Å². The molecule has 24 heavy (non-hydrogen) atoms. The highest BCUT2D eigenvalue weighted by Gasteiger charge is 2.19. The molecule has 0 saturated carbocycles. The van der Waals surface area contributed by atoms with Crippen LogP contribution < -0.4 is 20.8 Å². The summed E-state index contributed by atoms with van der Waals surface area (Å²) in [7, 11) is 1.51. The number of nitriles is 2. The van der Waals surface area contributed by atoms with E-state index in [0.717, 1.165) is 0 Å². The quantitative estimate of drug-likeness (QED) is 0.887. The fourth-order valence-electron chi connectivity index (χ4n) is 2.31. The number of benzene rings is 1. The van der Waals surface area contributed by atoms with Crippen molar-refractivity contribution in [3.8, 4) is 34.8 Å². The Morgan fingerprint density at radius 3 is 2.38 bits per heavy atom. The summed E-state index contributed by atoms with van der Waals surface area (Å²) in [6.45, 7) is 3.72. The fourth-order valence-corrected chi connectivity index (χ4v) is 2.31. The SMILES string of the molecule is COc1ccc(-c2c(C#N)c(N)[nH]c(=O)c2C#N)cc1OC(C)C. The van der Waals surface area contributed by atoms with E-state index in [0.29, 0.717) is 17.1 Å². The van der Waals surface area contributed by atoms with Crippen LogP contribution in [0.5, 0.6) is 11.5 Å². The third-order valence-electron chi connectivity index (χ3n) is 3.28. The average molecular weight is 324 g/mol. The van der Waals surface area contributed by atoms with Crippen molar-refractivity contribution in [1.82, 2.24) is 4.98 Å². The van der Waals surface area contributed by atoms with Crippen LogP contribution in [-0.2, 0) is 0 Å². The number of nitrogen functional groups attached to an aromatic ring is 1. The fraction of sp³-hybridized carbons (Fsp3) is 0.235. The van der Waals surface area contributed by atoms with Gasteiger partial charge in [-0.25, -0.2) is 0 Å². The molecule has 0 fully saturated rings. The molecule has 7 heteroatoms. The largest absolute Gasteiger partial charge is 0.493 e. The minimum Gasteiger partial charge on any atom is -0.493 e. The number of H-pyrrole nitrogens is 1. The Morgan fingerprint density at radius 2 is 1.83 bits per heavy atom. The smallest absolute Gasteiger partial charge is 0.268 e. The number of nitrogens with two attached hydrogens (primary N) is 1. The lowest BCUT2D eigenvalue weighted by atomic mass is 9.96. The minimum atomic E-state index is -0.647. The standard InChI is InChI=1S/C17H16N4O3/c1-9(2)24-14-6-10(4-5-13(14)23-3)15-11(7-18)16(20)21-17(22)12(15)8-19/h4-6,9H,1-3H3,(H3,20,21,22). The van der Waals surface area contributed by atoms with Crippen LogP contribution in [0.4, 0.5) is 5.82 Å². The summed E-state index contributed by atoms with van der Waals surface area (Å²) in [5.74, 6) is 0.859. The summed E-state index contributed by atoms with van der Waals surface area (Å²) in [5.41, 5.74) is 5.58. The Hall–Kier alpha value is -3.45. The first-order valence-corrected chi connectivity index (χ1v) is 7.13. The molecule has 122 valence electrons. The van der Waals surface area contributed by atoms with E-state index in [-0.39, 0.29) is 28.6 Å². The van der Waals surface area contributed by atoms with Gasteiger partial charge >= 0.3 is 0 Å². The molecular formula is C17H16N4O3. The van der Waals surface area contributed by atoms with Crippen LogP contribution in [0.3, 0.4) is 0 Å². The molecule has 0 spiro atoms. The summed E-state index contributed by atoms with van der Waals surface area (Å²) in [5, 5.41) is 18.7. The van der Waals surface area contributed by atoms with Crippen LogP contribution in [-0.4, -0.2) is 18.2 Å². The van der Waals surface area contributed by atoms with Crippen molar-refractivity contribution in [2.75, 3.05) is 12.8 Å². The average Bonchev–Trinajstić information content (AvgIpc) is 2.53. The first-order chi connectivity index (χ1) is 11.4. The van der Waals surface area contributed by atoms with E-state index >= 15 is 0 Å². The zero-order valence-electron chi connectivity index (χ0n) is 13.5. The van der Waals surface area contributed by atoms with Crippen molar-refractivity contribution in [3.63, 3.8) is 0 Å². The minimum absolute atomic E-state index is 0.0341. The monoisotopic (exact) mass is 324 g/mol. The maximum atomic E-state index is 12.0. The normalized spacial score (nSPS) is 10.1. The predicted octanol–water partition coefficient (Wildman–Crippen LogP) is 2.16. The maximum absolute atomic E-state index is 12.0. The van der Waals surface area contributed by atoms with Crippen molar-refractivity contribution in [2.45, 2.75) is 20.0 Å². The van der Waals surface area contributed by atoms with Crippen LogP contribution in [0.15, 0.2) is 23.0 Å². The maximum Gasteiger partial charge on any atom is 0.268 e. The second-order valence-corrected chi connectivity index (χ2v) is 5.25. The molecule has 7 nitrogen and oxygen atoms in total. The molecule has 0 saturated heterocycles. The predicted molar refractivity (Wildman–Crippen MR) is 88.7 cm³/mol. The zero-order chi connectivity index (χ0) is 17.9. The zero-order valence-corrected chi connectivity index (χ0v) is 13.5. The van der Waals surface area contributed by atoms with E-state index in [4.69, 9.17) is 15.2 Å². The highest BCUT2D eigenvalue weighted by Crippen LogP contribution is 2.36. The highest BCUT2D eigenvalue weighted by atomic mass is 16.5. The summed E-state index contributed by atoms with van der Waals surface area (Å²) < 4.78 is 10.9. The number of hydrogen-bond donors (Lipinski definition) is 2. The number of hydrogen-bond acceptors (Lipinski definition) is 6. The molecule has 3 N–H and O–H groups in total. The summed E-state index contributed by atoms with van der Waals surface area (Å²) in [4.78, 5) is 14.3. The number of rotatable bonds is 4.